The summed E-state index contributed by atoms with van der Waals surface area (Å²) in [5.41, 5.74) is 1.17. The smallest absolute Gasteiger partial charge is 0.161 e. The Hall–Kier alpha value is -0.890. The topological polar surface area (TPSA) is 18.5 Å². The van der Waals surface area contributed by atoms with Crippen LogP contribution in [0.25, 0.3) is 0 Å². The van der Waals surface area contributed by atoms with E-state index in [1.807, 2.05) is 6.07 Å². The average Bonchev–Trinajstić information content (AvgIpc) is 3.04. The molecule has 0 saturated heterocycles. The van der Waals surface area contributed by atoms with Crippen molar-refractivity contribution < 1.29 is 9.47 Å². The highest BCUT2D eigenvalue weighted by atomic mass is 35.5. The molecule has 2 nitrogen and oxygen atoms in total. The molecule has 1 aliphatic rings. The van der Waals surface area contributed by atoms with Gasteiger partial charge in [-0.25, -0.2) is 0 Å². The number of alkyl halides is 1. The molecule has 0 amide bonds. The molecule has 0 bridgehead atoms. The van der Waals surface area contributed by atoms with Crippen molar-refractivity contribution in [1.82, 2.24) is 0 Å². The van der Waals surface area contributed by atoms with Gasteiger partial charge in [-0.15, -0.1) is 11.6 Å². The lowest BCUT2D eigenvalue weighted by Crippen LogP contribution is -2.06. The molecule has 0 radical (unpaired) electrons. The van der Waals surface area contributed by atoms with E-state index in [9.17, 15) is 0 Å². The van der Waals surface area contributed by atoms with E-state index in [0.717, 1.165) is 30.9 Å². The van der Waals surface area contributed by atoms with Crippen LogP contribution >= 0.6 is 11.6 Å². The van der Waals surface area contributed by atoms with Gasteiger partial charge in [-0.05, 0) is 49.3 Å². The monoisotopic (exact) mass is 310 g/mol. The van der Waals surface area contributed by atoms with Crippen LogP contribution in [0, 0.1) is 5.92 Å². The Balaban J connectivity index is 2.14. The van der Waals surface area contributed by atoms with Crippen molar-refractivity contribution >= 4 is 11.6 Å². The van der Waals surface area contributed by atoms with Crippen LogP contribution < -0.4 is 9.47 Å². The van der Waals surface area contributed by atoms with Crippen LogP contribution in [-0.4, -0.2) is 13.2 Å². The fraction of sp³-hybridized carbons (Fsp3) is 0.667. The molecule has 1 unspecified atom stereocenters. The lowest BCUT2D eigenvalue weighted by Gasteiger charge is -2.19. The van der Waals surface area contributed by atoms with Crippen LogP contribution in [0.2, 0.25) is 0 Å². The summed E-state index contributed by atoms with van der Waals surface area (Å²) in [5.74, 6) is 2.28. The Morgan fingerprint density at radius 3 is 2.29 bits per heavy atom. The zero-order valence-electron chi connectivity index (χ0n) is 13.2. The molecule has 0 spiro atoms. The first kappa shape index (κ1) is 16.5. The minimum Gasteiger partial charge on any atom is -0.490 e. The first-order chi connectivity index (χ1) is 10.3. The normalized spacial score (nSPS) is 16.9. The Morgan fingerprint density at radius 2 is 1.67 bits per heavy atom. The highest BCUT2D eigenvalue weighted by molar-refractivity contribution is 6.21. The second-order valence-corrected chi connectivity index (χ2v) is 6.32. The zero-order chi connectivity index (χ0) is 15.1. The van der Waals surface area contributed by atoms with Gasteiger partial charge in [0.15, 0.2) is 11.5 Å². The number of halogens is 1. The number of benzene rings is 1. The fourth-order valence-corrected chi connectivity index (χ4v) is 3.26. The molecule has 3 heteroatoms. The van der Waals surface area contributed by atoms with E-state index in [4.69, 9.17) is 21.1 Å². The molecule has 0 aromatic heterocycles. The van der Waals surface area contributed by atoms with E-state index >= 15 is 0 Å². The van der Waals surface area contributed by atoms with Gasteiger partial charge in [0.05, 0.1) is 18.6 Å². The molecule has 1 fully saturated rings. The van der Waals surface area contributed by atoms with Gasteiger partial charge < -0.3 is 9.47 Å². The maximum Gasteiger partial charge on any atom is 0.161 e. The predicted octanol–water partition coefficient (Wildman–Crippen LogP) is 5.73. The second-order valence-electron chi connectivity index (χ2n) is 5.85. The van der Waals surface area contributed by atoms with Crippen molar-refractivity contribution in [3.05, 3.63) is 23.8 Å². The third-order valence-electron chi connectivity index (χ3n) is 4.02. The summed E-state index contributed by atoms with van der Waals surface area (Å²) in [5, 5.41) is 0.0942. The standard InChI is InChI=1S/C18H27ClO2/c1-3-11-20-16-10-9-15(13-17(16)21-12-4-2)18(19)14-7-5-6-8-14/h9-10,13-14,18H,3-8,11-12H2,1-2H3. The minimum atomic E-state index is 0.0942. The van der Waals surface area contributed by atoms with Crippen LogP contribution in [0.1, 0.15) is 63.3 Å². The van der Waals surface area contributed by atoms with E-state index in [1.54, 1.807) is 0 Å². The van der Waals surface area contributed by atoms with Gasteiger partial charge >= 0.3 is 0 Å². The number of hydrogen-bond donors (Lipinski definition) is 0. The molecular weight excluding hydrogens is 284 g/mol. The molecular formula is C18H27ClO2. The maximum absolute atomic E-state index is 6.68. The Morgan fingerprint density at radius 1 is 1.05 bits per heavy atom. The molecule has 1 aliphatic carbocycles. The number of ether oxygens (including phenoxy) is 2. The molecule has 1 aromatic carbocycles. The second kappa shape index (κ2) is 8.53. The quantitative estimate of drug-likeness (QED) is 0.570. The Kier molecular flexibility index (Phi) is 6.69. The SMILES string of the molecule is CCCOc1ccc(C(Cl)C2CCCC2)cc1OCCC. The Bertz CT molecular complexity index is 427. The highest BCUT2D eigenvalue weighted by Crippen LogP contribution is 2.42. The van der Waals surface area contributed by atoms with Gasteiger partial charge in [0.2, 0.25) is 0 Å². The van der Waals surface area contributed by atoms with Crippen molar-refractivity contribution in [2.24, 2.45) is 5.92 Å². The van der Waals surface area contributed by atoms with E-state index < -0.39 is 0 Å². The van der Waals surface area contributed by atoms with E-state index in [0.29, 0.717) is 12.5 Å². The molecule has 21 heavy (non-hydrogen) atoms. The number of rotatable bonds is 8. The van der Waals surface area contributed by atoms with Gasteiger partial charge in [0.25, 0.3) is 0 Å². The predicted molar refractivity (Wildman–Crippen MR) is 88.6 cm³/mol. The molecule has 2 rings (SSSR count). The molecule has 1 atom stereocenters. The van der Waals surface area contributed by atoms with Gasteiger partial charge in [0.1, 0.15) is 0 Å². The first-order valence-corrected chi connectivity index (χ1v) is 8.73. The molecule has 0 heterocycles. The van der Waals surface area contributed by atoms with Gasteiger partial charge in [0, 0.05) is 0 Å². The summed E-state index contributed by atoms with van der Waals surface area (Å²) in [6, 6.07) is 6.19. The van der Waals surface area contributed by atoms with E-state index in [-0.39, 0.29) is 5.38 Å². The summed E-state index contributed by atoms with van der Waals surface area (Å²) in [6.07, 6.45) is 7.09. The third-order valence-corrected chi connectivity index (χ3v) is 4.63. The van der Waals surface area contributed by atoms with Crippen molar-refractivity contribution in [3.63, 3.8) is 0 Å². The van der Waals surface area contributed by atoms with E-state index in [1.165, 1.54) is 31.2 Å². The average molecular weight is 311 g/mol. The third kappa shape index (κ3) is 4.54. The summed E-state index contributed by atoms with van der Waals surface area (Å²) < 4.78 is 11.6. The molecule has 1 saturated carbocycles. The van der Waals surface area contributed by atoms with Crippen molar-refractivity contribution in [1.29, 1.82) is 0 Å². The summed E-state index contributed by atoms with van der Waals surface area (Å²) in [6.45, 7) is 5.65. The fourth-order valence-electron chi connectivity index (χ4n) is 2.87. The summed E-state index contributed by atoms with van der Waals surface area (Å²) >= 11 is 6.68. The van der Waals surface area contributed by atoms with Gasteiger partial charge in [-0.1, -0.05) is 32.8 Å². The number of hydrogen-bond acceptors (Lipinski definition) is 2. The molecule has 1 aromatic rings. The highest BCUT2D eigenvalue weighted by Gasteiger charge is 2.25. The first-order valence-electron chi connectivity index (χ1n) is 8.29. The summed E-state index contributed by atoms with van der Waals surface area (Å²) in [4.78, 5) is 0. The Labute approximate surface area is 133 Å². The molecule has 118 valence electrons. The van der Waals surface area contributed by atoms with E-state index in [2.05, 4.69) is 26.0 Å². The lowest BCUT2D eigenvalue weighted by molar-refractivity contribution is 0.268. The van der Waals surface area contributed by atoms with Crippen molar-refractivity contribution in [3.8, 4) is 11.5 Å². The maximum atomic E-state index is 6.68. The minimum absolute atomic E-state index is 0.0942. The van der Waals surface area contributed by atoms with Crippen LogP contribution in [0.15, 0.2) is 18.2 Å². The van der Waals surface area contributed by atoms with Crippen LogP contribution in [0.5, 0.6) is 11.5 Å². The van der Waals surface area contributed by atoms with Crippen LogP contribution in [-0.2, 0) is 0 Å². The largest absolute Gasteiger partial charge is 0.490 e. The van der Waals surface area contributed by atoms with Gasteiger partial charge in [-0.2, -0.15) is 0 Å². The summed E-state index contributed by atoms with van der Waals surface area (Å²) in [7, 11) is 0. The molecule has 0 N–H and O–H groups in total. The molecule has 0 aliphatic heterocycles. The zero-order valence-corrected chi connectivity index (χ0v) is 14.0. The van der Waals surface area contributed by atoms with Crippen molar-refractivity contribution in [2.45, 2.75) is 57.7 Å². The van der Waals surface area contributed by atoms with Crippen LogP contribution in [0.3, 0.4) is 0 Å². The van der Waals surface area contributed by atoms with Gasteiger partial charge in [-0.3, -0.25) is 0 Å². The lowest BCUT2D eigenvalue weighted by atomic mass is 9.97. The van der Waals surface area contributed by atoms with Crippen LogP contribution in [0.4, 0.5) is 0 Å². The van der Waals surface area contributed by atoms with Crippen molar-refractivity contribution in [2.75, 3.05) is 13.2 Å².